The second-order valence-corrected chi connectivity index (χ2v) is 6.63. The number of hydrogen-bond donors (Lipinski definition) is 1. The van der Waals surface area contributed by atoms with E-state index in [0.29, 0.717) is 6.04 Å². The lowest BCUT2D eigenvalue weighted by atomic mass is 10.1. The van der Waals surface area contributed by atoms with Crippen molar-refractivity contribution in [2.75, 3.05) is 18.9 Å². The molecule has 1 saturated heterocycles. The fourth-order valence-electron chi connectivity index (χ4n) is 3.59. The van der Waals surface area contributed by atoms with Crippen molar-refractivity contribution in [2.24, 2.45) is 0 Å². The average molecular weight is 345 g/mol. The Kier molecular flexibility index (Phi) is 4.88. The SMILES string of the molecule is CNc1cc(C2CCCN2Cc2cnc(-c3ccccc3)nc2)ccn1. The van der Waals surface area contributed by atoms with Crippen molar-refractivity contribution in [1.29, 1.82) is 0 Å². The minimum Gasteiger partial charge on any atom is -0.373 e. The predicted octanol–water partition coefficient (Wildman–Crippen LogP) is 3.92. The highest BCUT2D eigenvalue weighted by Crippen LogP contribution is 2.33. The van der Waals surface area contributed by atoms with Gasteiger partial charge in [-0.2, -0.15) is 0 Å². The lowest BCUT2D eigenvalue weighted by Crippen LogP contribution is -2.23. The number of aromatic nitrogens is 3. The molecule has 0 bridgehead atoms. The summed E-state index contributed by atoms with van der Waals surface area (Å²) in [6.45, 7) is 1.97. The second kappa shape index (κ2) is 7.62. The van der Waals surface area contributed by atoms with E-state index in [1.165, 1.54) is 18.4 Å². The fourth-order valence-corrected chi connectivity index (χ4v) is 3.59. The Labute approximate surface area is 154 Å². The molecule has 1 atom stereocenters. The molecule has 0 saturated carbocycles. The lowest BCUT2D eigenvalue weighted by Gasteiger charge is -2.25. The van der Waals surface area contributed by atoms with Crippen molar-refractivity contribution in [3.8, 4) is 11.4 Å². The molecule has 1 unspecified atom stereocenters. The van der Waals surface area contributed by atoms with Crippen LogP contribution in [0.3, 0.4) is 0 Å². The van der Waals surface area contributed by atoms with Gasteiger partial charge in [-0.15, -0.1) is 0 Å². The van der Waals surface area contributed by atoms with Crippen molar-refractivity contribution >= 4 is 5.82 Å². The molecule has 1 aromatic carbocycles. The number of pyridine rings is 1. The van der Waals surface area contributed by atoms with Gasteiger partial charge in [0.25, 0.3) is 0 Å². The minimum atomic E-state index is 0.430. The van der Waals surface area contributed by atoms with Crippen LogP contribution < -0.4 is 5.32 Å². The number of anilines is 1. The smallest absolute Gasteiger partial charge is 0.159 e. The van der Waals surface area contributed by atoms with Crippen LogP contribution in [0.5, 0.6) is 0 Å². The zero-order valence-corrected chi connectivity index (χ0v) is 15.0. The molecule has 0 amide bonds. The van der Waals surface area contributed by atoms with Gasteiger partial charge in [0, 0.05) is 49.4 Å². The first-order valence-electron chi connectivity index (χ1n) is 9.07. The molecule has 1 aliphatic heterocycles. The van der Waals surface area contributed by atoms with Gasteiger partial charge in [-0.3, -0.25) is 4.90 Å². The molecule has 5 nitrogen and oxygen atoms in total. The van der Waals surface area contributed by atoms with Crippen LogP contribution in [0.2, 0.25) is 0 Å². The summed E-state index contributed by atoms with van der Waals surface area (Å²) in [6.07, 6.45) is 8.18. The van der Waals surface area contributed by atoms with Gasteiger partial charge in [0.15, 0.2) is 5.82 Å². The number of rotatable bonds is 5. The molecular formula is C21H23N5. The van der Waals surface area contributed by atoms with Crippen LogP contribution in [-0.2, 0) is 6.54 Å². The van der Waals surface area contributed by atoms with Gasteiger partial charge in [-0.25, -0.2) is 15.0 Å². The Hall–Kier alpha value is -2.79. The Morgan fingerprint density at radius 2 is 1.88 bits per heavy atom. The number of hydrogen-bond acceptors (Lipinski definition) is 5. The molecule has 0 aliphatic carbocycles. The first kappa shape index (κ1) is 16.7. The highest BCUT2D eigenvalue weighted by atomic mass is 15.2. The molecule has 4 rings (SSSR count). The van der Waals surface area contributed by atoms with Crippen LogP contribution in [0.1, 0.15) is 30.0 Å². The van der Waals surface area contributed by atoms with Crippen molar-refractivity contribution in [2.45, 2.75) is 25.4 Å². The highest BCUT2D eigenvalue weighted by Gasteiger charge is 2.26. The summed E-state index contributed by atoms with van der Waals surface area (Å²) in [6, 6.07) is 14.8. The van der Waals surface area contributed by atoms with Crippen molar-refractivity contribution in [3.63, 3.8) is 0 Å². The summed E-state index contributed by atoms with van der Waals surface area (Å²) in [7, 11) is 1.91. The van der Waals surface area contributed by atoms with Gasteiger partial charge in [0.05, 0.1) is 0 Å². The Bertz CT molecular complexity index is 848. The molecule has 132 valence electrons. The minimum absolute atomic E-state index is 0.430. The summed E-state index contributed by atoms with van der Waals surface area (Å²) in [5.41, 5.74) is 3.53. The van der Waals surface area contributed by atoms with E-state index in [1.807, 2.05) is 56.0 Å². The van der Waals surface area contributed by atoms with Crippen LogP contribution in [-0.4, -0.2) is 33.4 Å². The highest BCUT2D eigenvalue weighted by molar-refractivity contribution is 5.53. The van der Waals surface area contributed by atoms with Crippen LogP contribution >= 0.6 is 0 Å². The van der Waals surface area contributed by atoms with Crippen molar-refractivity contribution < 1.29 is 0 Å². The normalized spacial score (nSPS) is 17.3. The molecule has 3 aromatic rings. The van der Waals surface area contributed by atoms with E-state index in [-0.39, 0.29) is 0 Å². The summed E-state index contributed by atoms with van der Waals surface area (Å²) in [5, 5.41) is 3.13. The van der Waals surface area contributed by atoms with E-state index in [9.17, 15) is 0 Å². The quantitative estimate of drug-likeness (QED) is 0.760. The third-order valence-corrected chi connectivity index (χ3v) is 4.91. The Balaban J connectivity index is 1.49. The zero-order valence-electron chi connectivity index (χ0n) is 15.0. The zero-order chi connectivity index (χ0) is 17.8. The first-order chi connectivity index (χ1) is 12.8. The number of nitrogens with one attached hydrogen (secondary N) is 1. The van der Waals surface area contributed by atoms with E-state index >= 15 is 0 Å². The summed E-state index contributed by atoms with van der Waals surface area (Å²) >= 11 is 0. The van der Waals surface area contributed by atoms with Gasteiger partial charge in [0.1, 0.15) is 5.82 Å². The summed E-state index contributed by atoms with van der Waals surface area (Å²) in [4.78, 5) is 16.0. The standard InChI is InChI=1S/C21H23N5/c1-22-20-12-18(9-10-23-20)19-8-5-11-26(19)15-16-13-24-21(25-14-16)17-6-3-2-4-7-17/h2-4,6-7,9-10,12-14,19H,5,8,11,15H2,1H3,(H,22,23). The van der Waals surface area contributed by atoms with Crippen molar-refractivity contribution in [3.05, 3.63) is 72.2 Å². The molecular weight excluding hydrogens is 322 g/mol. The third-order valence-electron chi connectivity index (χ3n) is 4.91. The topological polar surface area (TPSA) is 53.9 Å². The van der Waals surface area contributed by atoms with E-state index in [1.54, 1.807) is 0 Å². The van der Waals surface area contributed by atoms with Crippen LogP contribution in [0, 0.1) is 0 Å². The molecule has 26 heavy (non-hydrogen) atoms. The molecule has 1 aliphatic rings. The van der Waals surface area contributed by atoms with Gasteiger partial charge in [0.2, 0.25) is 0 Å². The lowest BCUT2D eigenvalue weighted by molar-refractivity contribution is 0.248. The Morgan fingerprint density at radius 1 is 1.08 bits per heavy atom. The fraction of sp³-hybridized carbons (Fsp3) is 0.286. The molecule has 0 radical (unpaired) electrons. The van der Waals surface area contributed by atoms with Gasteiger partial charge in [-0.1, -0.05) is 30.3 Å². The summed E-state index contributed by atoms with van der Waals surface area (Å²) < 4.78 is 0. The molecule has 3 heterocycles. The van der Waals surface area contributed by atoms with Crippen molar-refractivity contribution in [1.82, 2.24) is 19.9 Å². The molecule has 0 spiro atoms. The summed E-state index contributed by atoms with van der Waals surface area (Å²) in [5.74, 6) is 1.70. The number of likely N-dealkylation sites (tertiary alicyclic amines) is 1. The predicted molar refractivity (Wildman–Crippen MR) is 104 cm³/mol. The van der Waals surface area contributed by atoms with E-state index in [0.717, 1.165) is 35.9 Å². The van der Waals surface area contributed by atoms with Crippen LogP contribution in [0.25, 0.3) is 11.4 Å². The molecule has 1 fully saturated rings. The van der Waals surface area contributed by atoms with E-state index in [2.05, 4.69) is 37.3 Å². The maximum absolute atomic E-state index is 4.56. The van der Waals surface area contributed by atoms with Gasteiger partial charge in [-0.05, 0) is 37.1 Å². The van der Waals surface area contributed by atoms with Gasteiger partial charge < -0.3 is 5.32 Å². The monoisotopic (exact) mass is 345 g/mol. The van der Waals surface area contributed by atoms with E-state index < -0.39 is 0 Å². The average Bonchev–Trinajstić information content (AvgIpc) is 3.17. The largest absolute Gasteiger partial charge is 0.373 e. The maximum atomic E-state index is 4.56. The number of nitrogens with zero attached hydrogens (tertiary/aromatic N) is 4. The first-order valence-corrected chi connectivity index (χ1v) is 9.07. The Morgan fingerprint density at radius 3 is 2.65 bits per heavy atom. The number of benzene rings is 1. The molecule has 1 N–H and O–H groups in total. The second-order valence-electron chi connectivity index (χ2n) is 6.63. The third kappa shape index (κ3) is 3.58. The molecule has 2 aromatic heterocycles. The maximum Gasteiger partial charge on any atom is 0.159 e. The van der Waals surface area contributed by atoms with Crippen LogP contribution in [0.15, 0.2) is 61.1 Å². The molecule has 5 heteroatoms. The van der Waals surface area contributed by atoms with Gasteiger partial charge >= 0.3 is 0 Å². The van der Waals surface area contributed by atoms with E-state index in [4.69, 9.17) is 0 Å². The van der Waals surface area contributed by atoms with Crippen LogP contribution in [0.4, 0.5) is 5.82 Å².